The van der Waals surface area contributed by atoms with Gasteiger partial charge in [-0.05, 0) is 54.6 Å². The Morgan fingerprint density at radius 3 is 2.48 bits per heavy atom. The lowest BCUT2D eigenvalue weighted by atomic mass is 10.1. The number of benzene rings is 3. The van der Waals surface area contributed by atoms with Crippen molar-refractivity contribution in [3.63, 3.8) is 0 Å². The minimum atomic E-state index is -0.554. The molecule has 0 saturated heterocycles. The van der Waals surface area contributed by atoms with E-state index in [1.165, 1.54) is 18.2 Å². The van der Waals surface area contributed by atoms with Crippen molar-refractivity contribution in [3.8, 4) is 0 Å². The third kappa shape index (κ3) is 4.31. The quantitative estimate of drug-likeness (QED) is 0.414. The van der Waals surface area contributed by atoms with Crippen LogP contribution in [0.4, 0.5) is 15.8 Å². The van der Waals surface area contributed by atoms with Crippen LogP contribution in [0.15, 0.2) is 82.2 Å². The number of carbonyl (C=O) groups excluding carboxylic acids is 1. The van der Waals surface area contributed by atoms with Gasteiger partial charge in [0.1, 0.15) is 17.0 Å². The molecule has 29 heavy (non-hydrogen) atoms. The van der Waals surface area contributed by atoms with Crippen LogP contribution in [0.5, 0.6) is 0 Å². The molecule has 0 aliphatic heterocycles. The lowest BCUT2D eigenvalue weighted by Gasteiger charge is -2.07. The van der Waals surface area contributed by atoms with Gasteiger partial charge in [-0.1, -0.05) is 41.4 Å². The molecule has 0 saturated carbocycles. The maximum atomic E-state index is 13.5. The number of para-hydroxylation sites is 1. The predicted molar refractivity (Wildman–Crippen MR) is 112 cm³/mol. The number of nitrogens with zero attached hydrogens (tertiary/aromatic N) is 1. The van der Waals surface area contributed by atoms with E-state index < -0.39 is 11.7 Å². The van der Waals surface area contributed by atoms with E-state index in [0.29, 0.717) is 22.0 Å². The van der Waals surface area contributed by atoms with Crippen LogP contribution in [0.1, 0.15) is 10.4 Å². The molecule has 0 unspecified atom stereocenters. The second-order valence-corrected chi connectivity index (χ2v) is 7.02. The van der Waals surface area contributed by atoms with Gasteiger partial charge in [0.15, 0.2) is 0 Å². The normalized spacial score (nSPS) is 11.6. The molecule has 0 radical (unpaired) electrons. The molecule has 0 aliphatic rings. The summed E-state index contributed by atoms with van der Waals surface area (Å²) in [5, 5.41) is 4.03. The standard InChI is InChI=1S/C22H13Cl2FN2O2/c23-14-5-7-15(8-6-14)26-21(28)17-11-13-3-1-2-4-20(13)29-22(17)27-16-9-10-19(25)18(24)12-16/h1-12H,(H,26,28). The smallest absolute Gasteiger partial charge is 0.261 e. The molecule has 1 N–H and O–H groups in total. The first-order chi connectivity index (χ1) is 14.0. The largest absolute Gasteiger partial charge is 0.438 e. The van der Waals surface area contributed by atoms with Gasteiger partial charge >= 0.3 is 0 Å². The van der Waals surface area contributed by atoms with Crippen molar-refractivity contribution in [2.45, 2.75) is 0 Å². The SMILES string of the molecule is O=C(Nc1ccc(Cl)cc1)c1cc2ccccc2oc1=Nc1ccc(F)c(Cl)c1. The first kappa shape index (κ1) is 19.2. The summed E-state index contributed by atoms with van der Waals surface area (Å²) in [4.78, 5) is 17.3. The molecule has 0 fully saturated rings. The Labute approximate surface area is 175 Å². The fourth-order valence-corrected chi connectivity index (χ4v) is 3.02. The number of carbonyl (C=O) groups is 1. The lowest BCUT2D eigenvalue weighted by Crippen LogP contribution is -2.21. The van der Waals surface area contributed by atoms with Crippen molar-refractivity contribution in [1.29, 1.82) is 0 Å². The first-order valence-corrected chi connectivity index (χ1v) is 9.35. The lowest BCUT2D eigenvalue weighted by molar-refractivity contribution is 0.102. The predicted octanol–water partition coefficient (Wildman–Crippen LogP) is 6.36. The van der Waals surface area contributed by atoms with Crippen LogP contribution >= 0.6 is 23.2 Å². The van der Waals surface area contributed by atoms with Crippen LogP contribution in [0.25, 0.3) is 11.0 Å². The summed E-state index contributed by atoms with van der Waals surface area (Å²) in [6.45, 7) is 0. The van der Waals surface area contributed by atoms with Crippen molar-refractivity contribution in [2.24, 2.45) is 4.99 Å². The summed E-state index contributed by atoms with van der Waals surface area (Å²) in [5.41, 5.74) is 1.79. The molecule has 0 aliphatic carbocycles. The van der Waals surface area contributed by atoms with Crippen LogP contribution in [-0.4, -0.2) is 5.91 Å². The van der Waals surface area contributed by atoms with Crippen LogP contribution in [0, 0.1) is 5.82 Å². The third-order valence-electron chi connectivity index (χ3n) is 4.14. The highest BCUT2D eigenvalue weighted by molar-refractivity contribution is 6.31. The number of hydrogen-bond acceptors (Lipinski definition) is 3. The van der Waals surface area contributed by atoms with Gasteiger partial charge in [-0.3, -0.25) is 4.79 Å². The molecular weight excluding hydrogens is 414 g/mol. The van der Waals surface area contributed by atoms with Gasteiger partial charge in [-0.15, -0.1) is 0 Å². The van der Waals surface area contributed by atoms with Crippen LogP contribution in [-0.2, 0) is 0 Å². The zero-order valence-corrected chi connectivity index (χ0v) is 16.3. The number of amides is 1. The van der Waals surface area contributed by atoms with Crippen LogP contribution in [0.2, 0.25) is 10.0 Å². The van der Waals surface area contributed by atoms with Crippen molar-refractivity contribution in [1.82, 2.24) is 0 Å². The van der Waals surface area contributed by atoms with Gasteiger partial charge in [0.05, 0.1) is 10.7 Å². The average molecular weight is 427 g/mol. The van der Waals surface area contributed by atoms with Gasteiger partial charge in [0.2, 0.25) is 5.55 Å². The second-order valence-electron chi connectivity index (χ2n) is 6.17. The number of rotatable bonds is 3. The minimum absolute atomic E-state index is 0.0702. The highest BCUT2D eigenvalue weighted by Crippen LogP contribution is 2.22. The molecular formula is C22H13Cl2FN2O2. The van der Waals surface area contributed by atoms with E-state index in [0.717, 1.165) is 5.39 Å². The van der Waals surface area contributed by atoms with Crippen molar-refractivity contribution in [2.75, 3.05) is 5.32 Å². The summed E-state index contributed by atoms with van der Waals surface area (Å²) >= 11 is 11.7. The monoisotopic (exact) mass is 426 g/mol. The van der Waals surface area contributed by atoms with Gasteiger partial charge < -0.3 is 9.73 Å². The molecule has 4 nitrogen and oxygen atoms in total. The zero-order valence-electron chi connectivity index (χ0n) is 14.8. The fourth-order valence-electron chi connectivity index (χ4n) is 2.72. The van der Waals surface area contributed by atoms with Gasteiger partial charge in [-0.25, -0.2) is 9.38 Å². The van der Waals surface area contributed by atoms with E-state index >= 15 is 0 Å². The van der Waals surface area contributed by atoms with E-state index in [1.54, 1.807) is 36.4 Å². The Hall–Kier alpha value is -3.15. The molecule has 0 atom stereocenters. The summed E-state index contributed by atoms with van der Waals surface area (Å²) in [5.74, 6) is -0.962. The highest BCUT2D eigenvalue weighted by atomic mass is 35.5. The number of halogens is 3. The average Bonchev–Trinajstić information content (AvgIpc) is 2.72. The maximum absolute atomic E-state index is 13.5. The van der Waals surface area contributed by atoms with Gasteiger partial charge in [-0.2, -0.15) is 0 Å². The Bertz CT molecular complexity index is 1280. The van der Waals surface area contributed by atoms with E-state index in [-0.39, 0.29) is 16.1 Å². The Morgan fingerprint density at radius 1 is 0.966 bits per heavy atom. The zero-order chi connectivity index (χ0) is 20.4. The van der Waals surface area contributed by atoms with E-state index in [4.69, 9.17) is 27.6 Å². The van der Waals surface area contributed by atoms with E-state index in [2.05, 4.69) is 10.3 Å². The van der Waals surface area contributed by atoms with Gasteiger partial charge in [0, 0.05) is 16.1 Å². The summed E-state index contributed by atoms with van der Waals surface area (Å²) in [6.07, 6.45) is 0. The molecule has 3 aromatic carbocycles. The third-order valence-corrected chi connectivity index (χ3v) is 4.68. The Kier molecular flexibility index (Phi) is 5.34. The molecule has 144 valence electrons. The summed E-state index contributed by atoms with van der Waals surface area (Å²) < 4.78 is 19.3. The van der Waals surface area contributed by atoms with Crippen LogP contribution < -0.4 is 10.9 Å². The minimum Gasteiger partial charge on any atom is -0.438 e. The van der Waals surface area contributed by atoms with Gasteiger partial charge in [0.25, 0.3) is 5.91 Å². The van der Waals surface area contributed by atoms with E-state index in [1.807, 2.05) is 18.2 Å². The van der Waals surface area contributed by atoms with Crippen molar-refractivity contribution >= 4 is 51.5 Å². The fraction of sp³-hybridized carbons (Fsp3) is 0. The maximum Gasteiger partial charge on any atom is 0.261 e. The summed E-state index contributed by atoms with van der Waals surface area (Å²) in [6, 6.07) is 19.7. The Morgan fingerprint density at radius 2 is 1.72 bits per heavy atom. The van der Waals surface area contributed by atoms with Crippen molar-refractivity contribution < 1.29 is 13.6 Å². The van der Waals surface area contributed by atoms with Crippen LogP contribution in [0.3, 0.4) is 0 Å². The topological polar surface area (TPSA) is 54.6 Å². The second kappa shape index (κ2) is 8.07. The molecule has 0 spiro atoms. The first-order valence-electron chi connectivity index (χ1n) is 8.59. The molecule has 1 heterocycles. The van der Waals surface area contributed by atoms with Crippen molar-refractivity contribution in [3.05, 3.63) is 99.8 Å². The highest BCUT2D eigenvalue weighted by Gasteiger charge is 2.13. The number of nitrogens with one attached hydrogen (secondary N) is 1. The number of fused-ring (bicyclic) bond motifs is 1. The number of hydrogen-bond donors (Lipinski definition) is 1. The molecule has 1 aromatic heterocycles. The Balaban J connectivity index is 1.83. The summed E-state index contributed by atoms with van der Waals surface area (Å²) in [7, 11) is 0. The molecule has 0 bridgehead atoms. The molecule has 1 amide bonds. The van der Waals surface area contributed by atoms with E-state index in [9.17, 15) is 9.18 Å². The molecule has 7 heteroatoms. The molecule has 4 aromatic rings. The number of anilines is 1. The molecule has 4 rings (SSSR count).